The van der Waals surface area contributed by atoms with Gasteiger partial charge in [0.05, 0.1) is 6.54 Å². The van der Waals surface area contributed by atoms with Gasteiger partial charge in [0.15, 0.2) is 0 Å². The first-order chi connectivity index (χ1) is 8.29. The number of halogens is 2. The third-order valence-corrected chi connectivity index (χ3v) is 2.38. The highest BCUT2D eigenvalue weighted by molar-refractivity contribution is 5.85. The van der Waals surface area contributed by atoms with E-state index in [4.69, 9.17) is 4.42 Å². The van der Waals surface area contributed by atoms with E-state index in [0.717, 1.165) is 23.6 Å². The summed E-state index contributed by atoms with van der Waals surface area (Å²) in [6.45, 7) is 5.03. The molecule has 1 aromatic carbocycles. The van der Waals surface area contributed by atoms with Crippen molar-refractivity contribution in [3.8, 4) is 11.3 Å². The standard InChI is InChI=1S/C14H14FNO.ClH/c1-2-9-16-10-13-7-8-14(17-13)11-3-5-12(15)6-4-11;/h2-8,16H,1,9-10H2;1H. The van der Waals surface area contributed by atoms with Gasteiger partial charge in [-0.3, -0.25) is 0 Å². The summed E-state index contributed by atoms with van der Waals surface area (Å²) in [7, 11) is 0. The van der Waals surface area contributed by atoms with Crippen LogP contribution in [0.2, 0.25) is 0 Å². The lowest BCUT2D eigenvalue weighted by molar-refractivity contribution is 0.502. The number of hydrogen-bond acceptors (Lipinski definition) is 2. The second-order valence-corrected chi connectivity index (χ2v) is 3.69. The molecule has 0 fully saturated rings. The van der Waals surface area contributed by atoms with Crippen LogP contribution in [0.25, 0.3) is 11.3 Å². The zero-order valence-electron chi connectivity index (χ0n) is 9.86. The third-order valence-electron chi connectivity index (χ3n) is 2.38. The lowest BCUT2D eigenvalue weighted by Gasteiger charge is -1.99. The Morgan fingerprint density at radius 3 is 2.56 bits per heavy atom. The van der Waals surface area contributed by atoms with E-state index in [-0.39, 0.29) is 18.2 Å². The van der Waals surface area contributed by atoms with Crippen molar-refractivity contribution in [2.24, 2.45) is 0 Å². The molecule has 0 spiro atoms. The third kappa shape index (κ3) is 3.72. The summed E-state index contributed by atoms with van der Waals surface area (Å²) in [4.78, 5) is 0. The van der Waals surface area contributed by atoms with Gasteiger partial charge in [0, 0.05) is 12.1 Å². The summed E-state index contributed by atoms with van der Waals surface area (Å²) in [5.41, 5.74) is 0.876. The molecule has 2 aromatic rings. The Bertz CT molecular complexity index is 493. The molecule has 0 radical (unpaired) electrons. The topological polar surface area (TPSA) is 25.2 Å². The second-order valence-electron chi connectivity index (χ2n) is 3.69. The molecule has 0 aliphatic rings. The predicted octanol–water partition coefficient (Wildman–Crippen LogP) is 3.78. The van der Waals surface area contributed by atoms with Crippen molar-refractivity contribution in [1.29, 1.82) is 0 Å². The molecule has 18 heavy (non-hydrogen) atoms. The van der Waals surface area contributed by atoms with E-state index in [1.165, 1.54) is 12.1 Å². The number of furan rings is 1. The minimum Gasteiger partial charge on any atom is -0.460 e. The molecule has 1 aromatic heterocycles. The van der Waals surface area contributed by atoms with Crippen LogP contribution in [0, 0.1) is 5.82 Å². The summed E-state index contributed by atoms with van der Waals surface area (Å²) in [5, 5.41) is 3.15. The number of rotatable bonds is 5. The summed E-state index contributed by atoms with van der Waals surface area (Å²) in [6, 6.07) is 10.1. The molecule has 0 unspecified atom stereocenters. The fourth-order valence-electron chi connectivity index (χ4n) is 1.54. The first-order valence-electron chi connectivity index (χ1n) is 5.46. The van der Waals surface area contributed by atoms with Crippen molar-refractivity contribution >= 4 is 12.4 Å². The largest absolute Gasteiger partial charge is 0.460 e. The van der Waals surface area contributed by atoms with Crippen LogP contribution in [-0.2, 0) is 6.54 Å². The van der Waals surface area contributed by atoms with Gasteiger partial charge >= 0.3 is 0 Å². The van der Waals surface area contributed by atoms with Gasteiger partial charge in [0.1, 0.15) is 17.3 Å². The van der Waals surface area contributed by atoms with Crippen LogP contribution in [0.4, 0.5) is 4.39 Å². The monoisotopic (exact) mass is 267 g/mol. The molecule has 0 saturated heterocycles. The SMILES string of the molecule is C=CCNCc1ccc(-c2ccc(F)cc2)o1.Cl. The normalized spacial score (nSPS) is 9.83. The van der Waals surface area contributed by atoms with Crippen molar-refractivity contribution < 1.29 is 8.81 Å². The van der Waals surface area contributed by atoms with Crippen molar-refractivity contribution in [1.82, 2.24) is 5.32 Å². The molecule has 1 N–H and O–H groups in total. The first-order valence-corrected chi connectivity index (χ1v) is 5.46. The Morgan fingerprint density at radius 1 is 1.17 bits per heavy atom. The number of benzene rings is 1. The molecular weight excluding hydrogens is 253 g/mol. The Labute approximate surface area is 112 Å². The molecule has 2 nitrogen and oxygen atoms in total. The maximum atomic E-state index is 12.8. The van der Waals surface area contributed by atoms with Gasteiger partial charge in [0.2, 0.25) is 0 Å². The van der Waals surface area contributed by atoms with Crippen LogP contribution in [0.5, 0.6) is 0 Å². The van der Waals surface area contributed by atoms with Crippen molar-refractivity contribution in [3.05, 3.63) is 60.6 Å². The molecule has 2 rings (SSSR count). The minimum absolute atomic E-state index is 0. The smallest absolute Gasteiger partial charge is 0.134 e. The lowest BCUT2D eigenvalue weighted by Crippen LogP contribution is -2.11. The fraction of sp³-hybridized carbons (Fsp3) is 0.143. The van der Waals surface area contributed by atoms with Crippen LogP contribution >= 0.6 is 12.4 Å². The van der Waals surface area contributed by atoms with Gasteiger partial charge in [-0.15, -0.1) is 19.0 Å². The van der Waals surface area contributed by atoms with E-state index < -0.39 is 0 Å². The van der Waals surface area contributed by atoms with Gasteiger partial charge in [-0.1, -0.05) is 6.08 Å². The van der Waals surface area contributed by atoms with E-state index in [1.54, 1.807) is 18.2 Å². The Morgan fingerprint density at radius 2 is 1.89 bits per heavy atom. The Hall–Kier alpha value is -1.58. The van der Waals surface area contributed by atoms with Crippen LogP contribution in [-0.4, -0.2) is 6.54 Å². The van der Waals surface area contributed by atoms with E-state index in [0.29, 0.717) is 6.54 Å². The van der Waals surface area contributed by atoms with Crippen LogP contribution in [0.1, 0.15) is 5.76 Å². The molecule has 0 atom stereocenters. The summed E-state index contributed by atoms with van der Waals surface area (Å²) < 4.78 is 18.4. The summed E-state index contributed by atoms with van der Waals surface area (Å²) >= 11 is 0. The van der Waals surface area contributed by atoms with Crippen molar-refractivity contribution in [3.63, 3.8) is 0 Å². The average molecular weight is 268 g/mol. The quantitative estimate of drug-likeness (QED) is 0.659. The zero-order valence-corrected chi connectivity index (χ0v) is 10.7. The highest BCUT2D eigenvalue weighted by Crippen LogP contribution is 2.22. The average Bonchev–Trinajstić information content (AvgIpc) is 2.79. The number of hydrogen-bond donors (Lipinski definition) is 1. The van der Waals surface area contributed by atoms with Gasteiger partial charge in [-0.25, -0.2) is 4.39 Å². The van der Waals surface area contributed by atoms with Gasteiger partial charge in [0.25, 0.3) is 0 Å². The second kappa shape index (κ2) is 6.99. The molecule has 4 heteroatoms. The molecule has 0 aliphatic carbocycles. The Kier molecular flexibility index (Phi) is 5.62. The van der Waals surface area contributed by atoms with Gasteiger partial charge in [-0.05, 0) is 36.4 Å². The molecule has 0 amide bonds. The van der Waals surface area contributed by atoms with Gasteiger partial charge < -0.3 is 9.73 Å². The summed E-state index contributed by atoms with van der Waals surface area (Å²) in [6.07, 6.45) is 1.80. The molecular formula is C14H15ClFNO. The Balaban J connectivity index is 0.00000162. The molecule has 0 saturated carbocycles. The molecule has 0 aliphatic heterocycles. The van der Waals surface area contributed by atoms with Crippen LogP contribution in [0.15, 0.2) is 53.5 Å². The molecule has 1 heterocycles. The van der Waals surface area contributed by atoms with E-state index in [2.05, 4.69) is 11.9 Å². The number of nitrogens with one attached hydrogen (secondary N) is 1. The van der Waals surface area contributed by atoms with Crippen LogP contribution < -0.4 is 5.32 Å². The van der Waals surface area contributed by atoms with Gasteiger partial charge in [-0.2, -0.15) is 0 Å². The maximum absolute atomic E-state index is 12.8. The zero-order chi connectivity index (χ0) is 12.1. The lowest BCUT2D eigenvalue weighted by atomic mass is 10.2. The highest BCUT2D eigenvalue weighted by Gasteiger charge is 2.04. The minimum atomic E-state index is -0.242. The molecule has 0 bridgehead atoms. The van der Waals surface area contributed by atoms with Crippen LogP contribution in [0.3, 0.4) is 0 Å². The van der Waals surface area contributed by atoms with Crippen molar-refractivity contribution in [2.75, 3.05) is 6.54 Å². The highest BCUT2D eigenvalue weighted by atomic mass is 35.5. The maximum Gasteiger partial charge on any atom is 0.134 e. The van der Waals surface area contributed by atoms with E-state index in [9.17, 15) is 4.39 Å². The van der Waals surface area contributed by atoms with E-state index in [1.807, 2.05) is 12.1 Å². The van der Waals surface area contributed by atoms with Crippen molar-refractivity contribution in [2.45, 2.75) is 6.54 Å². The molecule has 96 valence electrons. The summed E-state index contributed by atoms with van der Waals surface area (Å²) in [5.74, 6) is 1.36. The first kappa shape index (κ1) is 14.5. The predicted molar refractivity (Wildman–Crippen MR) is 73.3 cm³/mol. The fourth-order valence-corrected chi connectivity index (χ4v) is 1.54. The van der Waals surface area contributed by atoms with E-state index >= 15 is 0 Å².